The van der Waals surface area contributed by atoms with Crippen LogP contribution in [0.1, 0.15) is 53.8 Å². The topological polar surface area (TPSA) is 76.8 Å². The molecule has 0 radical (unpaired) electrons. The Bertz CT molecular complexity index is 1460. The first-order valence-corrected chi connectivity index (χ1v) is 12.3. The highest BCUT2D eigenvalue weighted by molar-refractivity contribution is 5.99. The van der Waals surface area contributed by atoms with E-state index in [4.69, 9.17) is 4.84 Å². The molecule has 0 bridgehead atoms. The van der Waals surface area contributed by atoms with Gasteiger partial charge in [0, 0.05) is 43.4 Å². The second kappa shape index (κ2) is 10.6. The molecule has 0 aliphatic carbocycles. The molecule has 1 amide bonds. The van der Waals surface area contributed by atoms with Crippen LogP contribution in [-0.4, -0.2) is 39.2 Å². The Kier molecular flexibility index (Phi) is 7.19. The molecule has 1 unspecified atom stereocenters. The number of benzene rings is 1. The van der Waals surface area contributed by atoms with Crippen molar-refractivity contribution in [3.8, 4) is 0 Å². The van der Waals surface area contributed by atoms with Crippen LogP contribution in [0.15, 0.2) is 64.7 Å². The van der Waals surface area contributed by atoms with Crippen molar-refractivity contribution in [2.24, 2.45) is 5.16 Å². The fraction of sp³-hybridized carbons (Fsp3) is 0.333. The lowest BCUT2D eigenvalue weighted by Crippen LogP contribution is -2.41. The quantitative estimate of drug-likeness (QED) is 0.431. The Labute approximate surface area is 219 Å². The predicted molar refractivity (Wildman–Crippen MR) is 130 cm³/mol. The van der Waals surface area contributed by atoms with Crippen LogP contribution >= 0.6 is 0 Å². The normalized spacial score (nSPS) is 18.1. The van der Waals surface area contributed by atoms with Crippen LogP contribution in [-0.2, 0) is 22.4 Å². The average molecular weight is 546 g/mol. The first-order valence-electron chi connectivity index (χ1n) is 12.3. The third kappa shape index (κ3) is 5.69. The average Bonchev–Trinajstić information content (AvgIpc) is 3.39. The zero-order valence-corrected chi connectivity index (χ0v) is 20.5. The van der Waals surface area contributed by atoms with E-state index in [0.717, 1.165) is 28.5 Å². The molecule has 39 heavy (non-hydrogen) atoms. The first-order chi connectivity index (χ1) is 18.6. The second-order valence-electron chi connectivity index (χ2n) is 9.46. The van der Waals surface area contributed by atoms with Crippen LogP contribution in [0.25, 0.3) is 0 Å². The van der Waals surface area contributed by atoms with E-state index in [1.165, 1.54) is 11.0 Å². The zero-order chi connectivity index (χ0) is 27.7. The molecule has 0 N–H and O–H groups in total. The molecule has 5 rings (SSSR count). The van der Waals surface area contributed by atoms with Crippen molar-refractivity contribution < 1.29 is 31.6 Å². The second-order valence-corrected chi connectivity index (χ2v) is 9.46. The van der Waals surface area contributed by atoms with Gasteiger partial charge in [0.15, 0.2) is 6.10 Å². The first kappa shape index (κ1) is 26.5. The molecule has 12 heteroatoms. The molecule has 1 saturated heterocycles. The maximum absolute atomic E-state index is 14.2. The Morgan fingerprint density at radius 3 is 2.38 bits per heavy atom. The van der Waals surface area contributed by atoms with Gasteiger partial charge in [0.2, 0.25) is 5.91 Å². The standard InChI is InChI=1S/C27H23F5N4O3/c28-18-3-1-4-19(29)26(18)23-13-22(34-39-23)21-6-2-5-20(33-21)16-9-11-35(12-10-16)25(38)15-36-14-17(27(30,31)32)7-8-24(36)37/h1-8,14,16,23H,9-13,15H2. The van der Waals surface area contributed by atoms with Gasteiger partial charge >= 0.3 is 6.18 Å². The van der Waals surface area contributed by atoms with Gasteiger partial charge in [-0.2, -0.15) is 13.2 Å². The molecule has 2 aromatic heterocycles. The molecule has 7 nitrogen and oxygen atoms in total. The molecule has 1 aromatic carbocycles. The van der Waals surface area contributed by atoms with Gasteiger partial charge in [0.1, 0.15) is 23.9 Å². The van der Waals surface area contributed by atoms with Gasteiger partial charge in [0.25, 0.3) is 5.56 Å². The highest BCUT2D eigenvalue weighted by atomic mass is 19.4. The largest absolute Gasteiger partial charge is 0.417 e. The van der Waals surface area contributed by atoms with Crippen molar-refractivity contribution in [2.45, 2.75) is 44.0 Å². The van der Waals surface area contributed by atoms with Crippen LogP contribution < -0.4 is 5.56 Å². The van der Waals surface area contributed by atoms with Crippen LogP contribution in [0.3, 0.4) is 0 Å². The van der Waals surface area contributed by atoms with Crippen molar-refractivity contribution in [3.05, 3.63) is 99.2 Å². The van der Waals surface area contributed by atoms with Crippen LogP contribution in [0, 0.1) is 11.6 Å². The van der Waals surface area contributed by atoms with Crippen molar-refractivity contribution in [1.82, 2.24) is 14.5 Å². The summed E-state index contributed by atoms with van der Waals surface area (Å²) in [6.45, 7) is 0.217. The summed E-state index contributed by atoms with van der Waals surface area (Å²) in [4.78, 5) is 36.2. The van der Waals surface area contributed by atoms with Gasteiger partial charge in [-0.3, -0.25) is 14.6 Å². The van der Waals surface area contributed by atoms with Crippen molar-refractivity contribution in [2.75, 3.05) is 13.1 Å². The number of carbonyl (C=O) groups is 1. The summed E-state index contributed by atoms with van der Waals surface area (Å²) in [5.41, 5.74) is -0.125. The zero-order valence-electron chi connectivity index (χ0n) is 20.5. The number of pyridine rings is 2. The lowest BCUT2D eigenvalue weighted by molar-refractivity contribution is -0.139. The molecule has 3 aromatic rings. The summed E-state index contributed by atoms with van der Waals surface area (Å²) in [6, 6.07) is 10.5. The van der Waals surface area contributed by atoms with Gasteiger partial charge < -0.3 is 14.3 Å². The fourth-order valence-electron chi connectivity index (χ4n) is 4.83. The lowest BCUT2D eigenvalue weighted by atomic mass is 9.92. The van der Waals surface area contributed by atoms with Gasteiger partial charge in [0.05, 0.1) is 16.8 Å². The van der Waals surface area contributed by atoms with Crippen LogP contribution in [0.2, 0.25) is 0 Å². The summed E-state index contributed by atoms with van der Waals surface area (Å²) in [5, 5.41) is 4.01. The van der Waals surface area contributed by atoms with Crippen LogP contribution in [0.4, 0.5) is 22.0 Å². The van der Waals surface area contributed by atoms with Crippen molar-refractivity contribution in [3.63, 3.8) is 0 Å². The van der Waals surface area contributed by atoms with E-state index in [9.17, 15) is 31.5 Å². The van der Waals surface area contributed by atoms with E-state index in [2.05, 4.69) is 10.1 Å². The number of hydrogen-bond donors (Lipinski definition) is 0. The molecule has 1 atom stereocenters. The lowest BCUT2D eigenvalue weighted by Gasteiger charge is -2.32. The van der Waals surface area contributed by atoms with Crippen molar-refractivity contribution >= 4 is 11.6 Å². The number of rotatable bonds is 5. The van der Waals surface area contributed by atoms with E-state index < -0.39 is 47.5 Å². The smallest absolute Gasteiger partial charge is 0.387 e. The van der Waals surface area contributed by atoms with E-state index in [1.54, 1.807) is 12.1 Å². The predicted octanol–water partition coefficient (Wildman–Crippen LogP) is 4.81. The minimum Gasteiger partial charge on any atom is -0.387 e. The number of amides is 1. The SMILES string of the molecule is O=C(Cn1cc(C(F)(F)F)ccc1=O)N1CCC(c2cccc(C3=NOC(c4c(F)cccc4F)C3)n2)CC1. The molecule has 1 fully saturated rings. The number of piperidine rings is 1. The summed E-state index contributed by atoms with van der Waals surface area (Å²) < 4.78 is 68.1. The Hall–Kier alpha value is -4.09. The highest BCUT2D eigenvalue weighted by Crippen LogP contribution is 2.33. The number of hydrogen-bond acceptors (Lipinski definition) is 5. The maximum atomic E-state index is 14.2. The summed E-state index contributed by atoms with van der Waals surface area (Å²) >= 11 is 0. The number of halogens is 5. The van der Waals surface area contributed by atoms with Gasteiger partial charge in [-0.1, -0.05) is 17.3 Å². The Morgan fingerprint density at radius 1 is 1.00 bits per heavy atom. The third-order valence-corrected chi connectivity index (χ3v) is 6.94. The third-order valence-electron chi connectivity index (χ3n) is 6.94. The van der Waals surface area contributed by atoms with Gasteiger partial charge in [-0.25, -0.2) is 8.78 Å². The number of oxime groups is 1. The minimum absolute atomic E-state index is 0.00742. The van der Waals surface area contributed by atoms with Crippen molar-refractivity contribution in [1.29, 1.82) is 0 Å². The summed E-state index contributed by atoms with van der Waals surface area (Å²) in [6.07, 6.45) is -3.59. The molecular formula is C27H23F5N4O3. The molecule has 0 saturated carbocycles. The maximum Gasteiger partial charge on any atom is 0.417 e. The molecule has 2 aliphatic heterocycles. The Morgan fingerprint density at radius 2 is 1.69 bits per heavy atom. The summed E-state index contributed by atoms with van der Waals surface area (Å²) in [5.74, 6) is -1.86. The molecular weight excluding hydrogens is 523 g/mol. The number of carbonyl (C=O) groups excluding carboxylic acids is 1. The highest BCUT2D eigenvalue weighted by Gasteiger charge is 2.32. The van der Waals surface area contributed by atoms with E-state index in [1.807, 2.05) is 6.07 Å². The van der Waals surface area contributed by atoms with E-state index >= 15 is 0 Å². The number of nitrogens with zero attached hydrogens (tertiary/aromatic N) is 4. The molecule has 204 valence electrons. The number of aromatic nitrogens is 2. The molecule has 0 spiro atoms. The van der Waals surface area contributed by atoms with Gasteiger partial charge in [-0.05, 0) is 43.2 Å². The number of likely N-dealkylation sites (tertiary alicyclic amines) is 1. The molecule has 2 aliphatic rings. The number of alkyl halides is 3. The van der Waals surface area contributed by atoms with Gasteiger partial charge in [-0.15, -0.1) is 0 Å². The Balaban J connectivity index is 1.21. The monoisotopic (exact) mass is 546 g/mol. The molecule has 4 heterocycles. The van der Waals surface area contributed by atoms with E-state index in [-0.39, 0.29) is 17.9 Å². The van der Waals surface area contributed by atoms with E-state index in [0.29, 0.717) is 49.6 Å². The fourth-order valence-corrected chi connectivity index (χ4v) is 4.83. The summed E-state index contributed by atoms with van der Waals surface area (Å²) in [7, 11) is 0. The van der Waals surface area contributed by atoms with Crippen LogP contribution in [0.5, 0.6) is 0 Å². The minimum atomic E-state index is -4.62.